The highest BCUT2D eigenvalue weighted by Gasteiger charge is 2.24. The first-order valence-corrected chi connectivity index (χ1v) is 9.89. The van der Waals surface area contributed by atoms with Crippen molar-refractivity contribution in [3.05, 3.63) is 71.6 Å². The Morgan fingerprint density at radius 2 is 1.84 bits per heavy atom. The van der Waals surface area contributed by atoms with E-state index in [0.717, 1.165) is 6.07 Å². The smallest absolute Gasteiger partial charge is 0.412 e. The molecule has 0 aliphatic rings. The van der Waals surface area contributed by atoms with Crippen molar-refractivity contribution in [3.63, 3.8) is 0 Å². The third-order valence-electron chi connectivity index (χ3n) is 4.76. The van der Waals surface area contributed by atoms with Gasteiger partial charge in [0.15, 0.2) is 17.3 Å². The van der Waals surface area contributed by atoms with Crippen molar-refractivity contribution in [1.29, 1.82) is 0 Å². The van der Waals surface area contributed by atoms with Crippen molar-refractivity contribution in [3.8, 4) is 5.75 Å². The second kappa shape index (κ2) is 11.6. The highest BCUT2D eigenvalue weighted by Crippen LogP contribution is 2.32. The Bertz CT molecular complexity index is 990. The summed E-state index contributed by atoms with van der Waals surface area (Å²) < 4.78 is 19.5. The summed E-state index contributed by atoms with van der Waals surface area (Å²) in [6.45, 7) is 3.23. The van der Waals surface area contributed by atoms with Crippen LogP contribution >= 0.6 is 0 Å². The molecule has 0 saturated carbocycles. The van der Waals surface area contributed by atoms with Crippen LogP contribution in [-0.4, -0.2) is 28.1 Å². The third kappa shape index (κ3) is 7.21. The number of ketones is 1. The molecular weight excluding hydrogens is 419 g/mol. The van der Waals surface area contributed by atoms with Crippen LogP contribution in [0.1, 0.15) is 48.7 Å². The number of carbonyl (C=O) groups is 3. The summed E-state index contributed by atoms with van der Waals surface area (Å²) in [7, 11) is 0. The van der Waals surface area contributed by atoms with E-state index in [1.54, 1.807) is 37.3 Å². The highest BCUT2D eigenvalue weighted by atomic mass is 19.1. The number of phenolic OH excluding ortho intramolecular Hbond substituents is 1. The summed E-state index contributed by atoms with van der Waals surface area (Å²) in [5.41, 5.74) is 2.75. The third-order valence-corrected chi connectivity index (χ3v) is 4.76. The first kappa shape index (κ1) is 24.5. The Balaban J connectivity index is 2.13. The fraction of sp³-hybridized carbons (Fsp3) is 0.261. The second-order valence-corrected chi connectivity index (χ2v) is 7.23. The van der Waals surface area contributed by atoms with E-state index in [2.05, 4.69) is 5.32 Å². The lowest BCUT2D eigenvalue weighted by Crippen LogP contribution is -2.22. The molecule has 0 aromatic heterocycles. The molecule has 0 unspecified atom stereocenters. The second-order valence-electron chi connectivity index (χ2n) is 7.23. The monoisotopic (exact) mass is 444 g/mol. The first-order valence-electron chi connectivity index (χ1n) is 9.89. The Morgan fingerprint density at radius 3 is 2.44 bits per heavy atom. The van der Waals surface area contributed by atoms with Crippen LogP contribution in [0.5, 0.6) is 5.75 Å². The largest absolute Gasteiger partial charge is 0.505 e. The van der Waals surface area contributed by atoms with Gasteiger partial charge in [-0.2, -0.15) is 0 Å². The summed E-state index contributed by atoms with van der Waals surface area (Å²) in [4.78, 5) is 34.9. The van der Waals surface area contributed by atoms with E-state index >= 15 is 0 Å². The lowest BCUT2D eigenvalue weighted by Gasteiger charge is -2.25. The number of anilines is 1. The molecule has 0 spiro atoms. The predicted octanol–water partition coefficient (Wildman–Crippen LogP) is 4.50. The van der Waals surface area contributed by atoms with Crippen molar-refractivity contribution >= 4 is 23.5 Å². The fourth-order valence-electron chi connectivity index (χ4n) is 3.00. The van der Waals surface area contributed by atoms with Gasteiger partial charge in [-0.25, -0.2) is 14.7 Å². The number of hydrogen-bond acceptors (Lipinski definition) is 6. The van der Waals surface area contributed by atoms with Gasteiger partial charge < -0.3 is 9.84 Å². The van der Waals surface area contributed by atoms with Gasteiger partial charge in [0.05, 0.1) is 0 Å². The number of carbonyl (C=O) groups excluding carboxylic acids is 3. The fourth-order valence-corrected chi connectivity index (χ4v) is 3.00. The maximum Gasteiger partial charge on any atom is 0.412 e. The summed E-state index contributed by atoms with van der Waals surface area (Å²) in [5.74, 6) is -2.42. The quantitative estimate of drug-likeness (QED) is 0.195. The molecule has 9 heteroatoms. The zero-order chi connectivity index (χ0) is 23.7. The average Bonchev–Trinajstić information content (AvgIpc) is 2.77. The van der Waals surface area contributed by atoms with Gasteiger partial charge in [0.25, 0.3) is 5.91 Å². The number of benzene rings is 2. The first-order chi connectivity index (χ1) is 15.2. The van der Waals surface area contributed by atoms with Crippen LogP contribution in [0, 0.1) is 11.7 Å². The van der Waals surface area contributed by atoms with Gasteiger partial charge in [0.1, 0.15) is 6.10 Å². The van der Waals surface area contributed by atoms with Crippen molar-refractivity contribution < 1.29 is 33.8 Å². The van der Waals surface area contributed by atoms with E-state index in [1.165, 1.54) is 30.6 Å². The molecule has 0 aliphatic heterocycles. The van der Waals surface area contributed by atoms with E-state index in [1.807, 2.05) is 0 Å². The molecule has 0 bridgehead atoms. The minimum atomic E-state index is -0.846. The average molecular weight is 444 g/mol. The van der Waals surface area contributed by atoms with Crippen LogP contribution in [0.15, 0.2) is 54.6 Å². The molecule has 0 heterocycles. The van der Waals surface area contributed by atoms with Crippen LogP contribution in [0.2, 0.25) is 0 Å². The van der Waals surface area contributed by atoms with Crippen molar-refractivity contribution in [1.82, 2.24) is 5.48 Å². The minimum Gasteiger partial charge on any atom is -0.505 e. The van der Waals surface area contributed by atoms with Gasteiger partial charge in [-0.05, 0) is 67.6 Å². The lowest BCUT2D eigenvalue weighted by molar-refractivity contribution is -0.124. The van der Waals surface area contributed by atoms with Crippen molar-refractivity contribution in [2.24, 2.45) is 5.92 Å². The van der Waals surface area contributed by atoms with Gasteiger partial charge in [-0.15, -0.1) is 0 Å². The molecule has 0 radical (unpaired) electrons. The Labute approximate surface area is 184 Å². The van der Waals surface area contributed by atoms with Gasteiger partial charge in [-0.3, -0.25) is 20.1 Å². The van der Waals surface area contributed by atoms with Gasteiger partial charge in [0, 0.05) is 17.3 Å². The van der Waals surface area contributed by atoms with Gasteiger partial charge >= 0.3 is 6.09 Å². The van der Waals surface area contributed by atoms with E-state index in [9.17, 15) is 23.9 Å². The van der Waals surface area contributed by atoms with E-state index < -0.39 is 29.7 Å². The summed E-state index contributed by atoms with van der Waals surface area (Å²) in [5, 5.41) is 20.5. The molecule has 2 rings (SSSR count). The molecule has 0 aliphatic carbocycles. The maximum atomic E-state index is 13.9. The number of rotatable bonds is 9. The zero-order valence-corrected chi connectivity index (χ0v) is 17.7. The van der Waals surface area contributed by atoms with Crippen LogP contribution < -0.4 is 10.8 Å². The Hall–Kier alpha value is -3.72. The normalized spacial score (nSPS) is 12.8. The standard InChI is InChI=1S/C23H25FN2O6/c1-14(5-3-4-6-21(29)26-31)22(17-9-12-20(28)19(24)13-17)32-23(30)25-18-10-7-16(8-11-18)15(2)27/h4,6-14,22,28,31H,3,5H2,1-2H3,(H,25,30)(H,26,29)/b6-4+/t14-,22-/m1/s1. The Kier molecular flexibility index (Phi) is 8.91. The van der Waals surface area contributed by atoms with Gasteiger partial charge in [-0.1, -0.05) is 19.1 Å². The van der Waals surface area contributed by atoms with Crippen LogP contribution in [0.25, 0.3) is 0 Å². The molecule has 170 valence electrons. The molecular formula is C23H25FN2O6. The van der Waals surface area contributed by atoms with Crippen LogP contribution in [-0.2, 0) is 9.53 Å². The molecule has 2 atom stereocenters. The number of halogens is 1. The predicted molar refractivity (Wildman–Crippen MR) is 115 cm³/mol. The van der Waals surface area contributed by atoms with Crippen LogP contribution in [0.3, 0.4) is 0 Å². The van der Waals surface area contributed by atoms with E-state index in [4.69, 9.17) is 9.94 Å². The number of hydrogen-bond donors (Lipinski definition) is 4. The number of allylic oxidation sites excluding steroid dienone is 1. The topological polar surface area (TPSA) is 125 Å². The number of amides is 2. The molecule has 0 fully saturated rings. The molecule has 4 N–H and O–H groups in total. The molecule has 0 saturated heterocycles. The summed E-state index contributed by atoms with van der Waals surface area (Å²) in [6, 6.07) is 10.0. The molecule has 8 nitrogen and oxygen atoms in total. The number of ether oxygens (including phenoxy) is 1. The van der Waals surface area contributed by atoms with E-state index in [0.29, 0.717) is 29.7 Å². The summed E-state index contributed by atoms with van der Waals surface area (Å²) in [6.07, 6.45) is 2.00. The van der Waals surface area contributed by atoms with Crippen molar-refractivity contribution in [2.45, 2.75) is 32.8 Å². The SMILES string of the molecule is CC(=O)c1ccc(NC(=O)O[C@@H](c2ccc(O)c(F)c2)[C@H](C)CC/C=C/C(=O)NO)cc1. The number of hydroxylamine groups is 1. The zero-order valence-electron chi connectivity index (χ0n) is 17.7. The van der Waals surface area contributed by atoms with Crippen LogP contribution in [0.4, 0.5) is 14.9 Å². The Morgan fingerprint density at radius 1 is 1.16 bits per heavy atom. The van der Waals surface area contributed by atoms with Crippen molar-refractivity contribution in [2.75, 3.05) is 5.32 Å². The molecule has 2 aromatic carbocycles. The highest BCUT2D eigenvalue weighted by molar-refractivity contribution is 5.95. The number of nitrogens with one attached hydrogen (secondary N) is 2. The number of Topliss-reactive ketones (excluding diaryl/α,β-unsaturated/α-hetero) is 1. The molecule has 32 heavy (non-hydrogen) atoms. The van der Waals surface area contributed by atoms with Gasteiger partial charge in [0.2, 0.25) is 0 Å². The number of aromatic hydroxyl groups is 1. The molecule has 2 aromatic rings. The lowest BCUT2D eigenvalue weighted by atomic mass is 9.93. The minimum absolute atomic E-state index is 0.104. The number of phenols is 1. The molecule has 2 amide bonds. The summed E-state index contributed by atoms with van der Waals surface area (Å²) >= 11 is 0. The van der Waals surface area contributed by atoms with E-state index in [-0.39, 0.29) is 11.7 Å². The maximum absolute atomic E-state index is 13.9.